The van der Waals surface area contributed by atoms with E-state index in [9.17, 15) is 9.90 Å². The summed E-state index contributed by atoms with van der Waals surface area (Å²) in [6.45, 7) is 3.57. The van der Waals surface area contributed by atoms with Gasteiger partial charge in [-0.3, -0.25) is 0 Å². The summed E-state index contributed by atoms with van der Waals surface area (Å²) in [7, 11) is 0. The highest BCUT2D eigenvalue weighted by molar-refractivity contribution is 5.97. The van der Waals surface area contributed by atoms with Crippen LogP contribution in [-0.4, -0.2) is 47.6 Å². The fourth-order valence-electron chi connectivity index (χ4n) is 2.30. The highest BCUT2D eigenvalue weighted by Gasteiger charge is 2.43. The van der Waals surface area contributed by atoms with Gasteiger partial charge in [0, 0.05) is 6.92 Å². The first-order valence-electron chi connectivity index (χ1n) is 5.80. The van der Waals surface area contributed by atoms with E-state index in [4.69, 9.17) is 0 Å². The number of hydrogen-bond donors (Lipinski definition) is 1. The number of benzene rings is 1. The largest absolute Gasteiger partial charge is 1.00 e. The third-order valence-corrected chi connectivity index (χ3v) is 3.33. The molecule has 1 aromatic carbocycles. The maximum atomic E-state index is 12.5. The number of aliphatic hydroxyl groups excluding tert-OH is 1. The van der Waals surface area contributed by atoms with Crippen LogP contribution in [0, 0.1) is 0 Å². The molecule has 0 radical (unpaired) electrons. The van der Waals surface area contributed by atoms with Crippen molar-refractivity contribution >= 4 is 11.7 Å². The van der Waals surface area contributed by atoms with Crippen LogP contribution in [0.5, 0.6) is 0 Å². The Morgan fingerprint density at radius 2 is 2.06 bits per heavy atom. The van der Waals surface area contributed by atoms with Crippen LogP contribution in [0.1, 0.15) is 17.3 Å². The van der Waals surface area contributed by atoms with E-state index in [0.29, 0.717) is 25.2 Å². The molecule has 0 aliphatic carbocycles. The summed E-state index contributed by atoms with van der Waals surface area (Å²) in [5, 5.41) is 9.18. The fraction of sp³-hybridized carbons (Fsp3) is 0.385. The van der Waals surface area contributed by atoms with Crippen molar-refractivity contribution in [3.05, 3.63) is 35.9 Å². The zero-order chi connectivity index (χ0) is 12.3. The molecule has 1 amide bonds. The van der Waals surface area contributed by atoms with Gasteiger partial charge < -0.3 is 17.5 Å². The first-order valence-corrected chi connectivity index (χ1v) is 5.80. The molecule has 1 heterocycles. The predicted octanol–water partition coefficient (Wildman–Crippen LogP) is -1.93. The standard InChI is InChI=1S/C13H17N2O2.ClH/c1-11-14-7-8-15(11,9-10-16)13(17)12-5-3-2-4-6-12;/h2-6,16H,7-10H2,1H3;1H/q+1;/p-1. The maximum absolute atomic E-state index is 12.5. The summed E-state index contributed by atoms with van der Waals surface area (Å²) < 4.78 is 0.167. The van der Waals surface area contributed by atoms with Gasteiger partial charge in [0.05, 0.1) is 18.7 Å². The van der Waals surface area contributed by atoms with E-state index in [1.165, 1.54) is 0 Å². The number of aliphatic imine (C=N–C) groups is 1. The molecule has 1 unspecified atom stereocenters. The quantitative estimate of drug-likeness (QED) is 0.650. The van der Waals surface area contributed by atoms with Crippen LogP contribution in [0.25, 0.3) is 0 Å². The molecular formula is C13H17ClN2O2. The van der Waals surface area contributed by atoms with Crippen molar-refractivity contribution in [2.45, 2.75) is 6.92 Å². The van der Waals surface area contributed by atoms with Gasteiger partial charge in [0.1, 0.15) is 13.1 Å². The highest BCUT2D eigenvalue weighted by atomic mass is 35.5. The van der Waals surface area contributed by atoms with E-state index in [-0.39, 0.29) is 29.4 Å². The predicted molar refractivity (Wildman–Crippen MR) is 65.8 cm³/mol. The number of carbonyl (C=O) groups excluding carboxylic acids is 1. The normalized spacial score (nSPS) is 22.2. The third-order valence-electron chi connectivity index (χ3n) is 3.33. The fourth-order valence-corrected chi connectivity index (χ4v) is 2.30. The second kappa shape index (κ2) is 6.09. The van der Waals surface area contributed by atoms with Crippen LogP contribution in [0.2, 0.25) is 0 Å². The Hall–Kier alpha value is -1.23. The van der Waals surface area contributed by atoms with E-state index in [0.717, 1.165) is 5.84 Å². The first-order chi connectivity index (χ1) is 8.20. The zero-order valence-corrected chi connectivity index (χ0v) is 11.1. The molecule has 18 heavy (non-hydrogen) atoms. The number of halogens is 1. The lowest BCUT2D eigenvalue weighted by molar-refractivity contribution is -0.751. The Morgan fingerprint density at radius 1 is 1.39 bits per heavy atom. The number of carbonyl (C=O) groups is 1. The van der Waals surface area contributed by atoms with Gasteiger partial charge >= 0.3 is 5.91 Å². The van der Waals surface area contributed by atoms with Gasteiger partial charge in [-0.2, -0.15) is 0 Å². The summed E-state index contributed by atoms with van der Waals surface area (Å²) in [5.41, 5.74) is 0.678. The van der Waals surface area contributed by atoms with Crippen molar-refractivity contribution < 1.29 is 26.8 Å². The maximum Gasteiger partial charge on any atom is 0.352 e. The molecule has 1 aliphatic rings. The molecule has 2 rings (SSSR count). The lowest BCUT2D eigenvalue weighted by Crippen LogP contribution is -3.00. The Balaban J connectivity index is 0.00000162. The molecule has 1 aromatic rings. The van der Waals surface area contributed by atoms with Crippen LogP contribution in [0.15, 0.2) is 35.3 Å². The molecule has 0 saturated heterocycles. The van der Waals surface area contributed by atoms with Gasteiger partial charge in [0.15, 0.2) is 0 Å². The van der Waals surface area contributed by atoms with Gasteiger partial charge in [-0.1, -0.05) is 18.2 Å². The Kier molecular flexibility index (Phi) is 5.02. The van der Waals surface area contributed by atoms with Crippen molar-refractivity contribution in [3.8, 4) is 0 Å². The molecule has 0 spiro atoms. The summed E-state index contributed by atoms with van der Waals surface area (Å²) in [6.07, 6.45) is 0. The molecule has 0 saturated carbocycles. The number of nitrogens with zero attached hydrogens (tertiary/aromatic N) is 2. The van der Waals surface area contributed by atoms with Crippen LogP contribution in [0.4, 0.5) is 0 Å². The molecule has 5 heteroatoms. The molecule has 1 N–H and O–H groups in total. The first kappa shape index (κ1) is 14.8. The second-order valence-corrected chi connectivity index (χ2v) is 4.24. The summed E-state index contributed by atoms with van der Waals surface area (Å²) in [5.74, 6) is 0.825. The summed E-state index contributed by atoms with van der Waals surface area (Å²) in [6, 6.07) is 9.21. The zero-order valence-electron chi connectivity index (χ0n) is 10.3. The SMILES string of the molecule is CC1=NCC[N+]1(CCO)C(=O)c1ccccc1.[Cl-]. The van der Waals surface area contributed by atoms with Crippen LogP contribution >= 0.6 is 0 Å². The topological polar surface area (TPSA) is 49.7 Å². The van der Waals surface area contributed by atoms with E-state index < -0.39 is 0 Å². The number of amidine groups is 1. The smallest absolute Gasteiger partial charge is 0.352 e. The Bertz CT molecular complexity index is 448. The van der Waals surface area contributed by atoms with Crippen LogP contribution in [-0.2, 0) is 0 Å². The molecule has 1 atom stereocenters. The Labute approximate surface area is 113 Å². The van der Waals surface area contributed by atoms with Gasteiger partial charge in [0.25, 0.3) is 0 Å². The molecule has 0 fully saturated rings. The number of hydrogen-bond acceptors (Lipinski definition) is 3. The molecule has 1 aliphatic heterocycles. The van der Waals surface area contributed by atoms with Crippen molar-refractivity contribution in [1.82, 2.24) is 0 Å². The van der Waals surface area contributed by atoms with Gasteiger partial charge in [-0.25, -0.2) is 14.3 Å². The molecule has 4 nitrogen and oxygen atoms in total. The van der Waals surface area contributed by atoms with E-state index >= 15 is 0 Å². The van der Waals surface area contributed by atoms with Gasteiger partial charge in [0.2, 0.25) is 5.84 Å². The third kappa shape index (κ3) is 2.46. The molecular weight excluding hydrogens is 252 g/mol. The minimum absolute atomic E-state index is 0. The highest BCUT2D eigenvalue weighted by Crippen LogP contribution is 2.20. The number of quaternary nitrogens is 1. The van der Waals surface area contributed by atoms with E-state index in [1.54, 1.807) is 0 Å². The van der Waals surface area contributed by atoms with E-state index in [2.05, 4.69) is 4.99 Å². The summed E-state index contributed by atoms with van der Waals surface area (Å²) in [4.78, 5) is 16.9. The average molecular weight is 269 g/mol. The van der Waals surface area contributed by atoms with E-state index in [1.807, 2.05) is 37.3 Å². The van der Waals surface area contributed by atoms with Gasteiger partial charge in [-0.15, -0.1) is 0 Å². The number of amides is 1. The molecule has 0 aromatic heterocycles. The van der Waals surface area contributed by atoms with Crippen LogP contribution in [0.3, 0.4) is 0 Å². The number of rotatable bonds is 3. The van der Waals surface area contributed by atoms with Gasteiger partial charge in [-0.05, 0) is 12.1 Å². The second-order valence-electron chi connectivity index (χ2n) is 4.24. The Morgan fingerprint density at radius 3 is 2.56 bits per heavy atom. The van der Waals surface area contributed by atoms with Crippen molar-refractivity contribution in [2.24, 2.45) is 4.99 Å². The summed E-state index contributed by atoms with van der Waals surface area (Å²) >= 11 is 0. The van der Waals surface area contributed by atoms with Crippen molar-refractivity contribution in [2.75, 3.05) is 26.2 Å². The molecule has 98 valence electrons. The minimum atomic E-state index is -0.00850. The minimum Gasteiger partial charge on any atom is -1.00 e. The van der Waals surface area contributed by atoms with Crippen molar-refractivity contribution in [1.29, 1.82) is 0 Å². The van der Waals surface area contributed by atoms with Crippen molar-refractivity contribution in [3.63, 3.8) is 0 Å². The number of aliphatic hydroxyl groups is 1. The average Bonchev–Trinajstić information content (AvgIpc) is 2.73. The molecule has 0 bridgehead atoms. The lowest BCUT2D eigenvalue weighted by Gasteiger charge is -2.29. The lowest BCUT2D eigenvalue weighted by atomic mass is 10.1. The monoisotopic (exact) mass is 268 g/mol. The van der Waals surface area contributed by atoms with Crippen LogP contribution < -0.4 is 12.4 Å².